The molecule has 1 aliphatic heterocycles. The maximum Gasteiger partial charge on any atom is 0.238 e. The largest absolute Gasteiger partial charge is 0.325 e. The van der Waals surface area contributed by atoms with E-state index in [4.69, 9.17) is 11.6 Å². The van der Waals surface area contributed by atoms with Crippen LogP contribution in [0.5, 0.6) is 0 Å². The molecule has 1 aliphatic rings. The second-order valence-electron chi connectivity index (χ2n) is 5.18. The van der Waals surface area contributed by atoms with Gasteiger partial charge in [0.2, 0.25) is 5.91 Å². The number of nitrogens with zero attached hydrogens (tertiary/aromatic N) is 1. The molecule has 1 atom stereocenters. The second kappa shape index (κ2) is 9.26. The van der Waals surface area contributed by atoms with E-state index in [2.05, 4.69) is 22.5 Å². The van der Waals surface area contributed by atoms with Crippen LogP contribution in [-0.2, 0) is 4.79 Å². The fraction of sp³-hybridized carbons (Fsp3) is 0.533. The molecule has 6 heteroatoms. The second-order valence-corrected chi connectivity index (χ2v) is 5.61. The Morgan fingerprint density at radius 1 is 1.52 bits per heavy atom. The number of rotatable bonds is 6. The predicted octanol–water partition coefficient (Wildman–Crippen LogP) is 2.77. The van der Waals surface area contributed by atoms with Gasteiger partial charge < -0.3 is 10.6 Å². The Balaban J connectivity index is 0.00000220. The van der Waals surface area contributed by atoms with Gasteiger partial charge in [-0.2, -0.15) is 0 Å². The van der Waals surface area contributed by atoms with Crippen molar-refractivity contribution >= 4 is 35.6 Å². The minimum atomic E-state index is 0. The smallest absolute Gasteiger partial charge is 0.238 e. The highest BCUT2D eigenvalue weighted by Crippen LogP contribution is 2.15. The molecule has 2 rings (SSSR count). The molecule has 0 aromatic heterocycles. The molecular weight excluding hydrogens is 309 g/mol. The fourth-order valence-electron chi connectivity index (χ4n) is 2.58. The molecule has 0 spiro atoms. The van der Waals surface area contributed by atoms with Crippen LogP contribution in [0.25, 0.3) is 0 Å². The van der Waals surface area contributed by atoms with Gasteiger partial charge in [-0.3, -0.25) is 9.69 Å². The zero-order valence-corrected chi connectivity index (χ0v) is 13.8. The lowest BCUT2D eigenvalue weighted by Crippen LogP contribution is -2.42. The van der Waals surface area contributed by atoms with Crippen molar-refractivity contribution in [3.8, 4) is 0 Å². The SMILES string of the molecule is CCCN(CC(=O)Nc1cccc(Cl)c1)C1CCNC1.Cl. The van der Waals surface area contributed by atoms with Crippen LogP contribution in [-0.4, -0.2) is 43.0 Å². The summed E-state index contributed by atoms with van der Waals surface area (Å²) in [7, 11) is 0. The van der Waals surface area contributed by atoms with Crippen molar-refractivity contribution < 1.29 is 4.79 Å². The average molecular weight is 332 g/mol. The van der Waals surface area contributed by atoms with Crippen LogP contribution in [0, 0.1) is 0 Å². The number of amides is 1. The summed E-state index contributed by atoms with van der Waals surface area (Å²) in [6.07, 6.45) is 2.17. The van der Waals surface area contributed by atoms with Gasteiger partial charge in [-0.25, -0.2) is 0 Å². The number of carbonyl (C=O) groups is 1. The maximum atomic E-state index is 12.1. The van der Waals surface area contributed by atoms with Gasteiger partial charge in [-0.1, -0.05) is 24.6 Å². The van der Waals surface area contributed by atoms with Crippen LogP contribution in [0.1, 0.15) is 19.8 Å². The van der Waals surface area contributed by atoms with Crippen molar-refractivity contribution in [1.82, 2.24) is 10.2 Å². The molecule has 0 radical (unpaired) electrons. The highest BCUT2D eigenvalue weighted by Gasteiger charge is 2.23. The molecule has 1 heterocycles. The van der Waals surface area contributed by atoms with Gasteiger partial charge in [0.15, 0.2) is 0 Å². The first kappa shape index (κ1) is 18.2. The molecule has 1 unspecified atom stereocenters. The van der Waals surface area contributed by atoms with Crippen LogP contribution >= 0.6 is 24.0 Å². The van der Waals surface area contributed by atoms with E-state index in [1.165, 1.54) is 0 Å². The highest BCUT2D eigenvalue weighted by molar-refractivity contribution is 6.30. The molecule has 118 valence electrons. The van der Waals surface area contributed by atoms with Gasteiger partial charge in [0.25, 0.3) is 0 Å². The van der Waals surface area contributed by atoms with E-state index < -0.39 is 0 Å². The van der Waals surface area contributed by atoms with Crippen molar-refractivity contribution in [2.75, 3.05) is 31.5 Å². The zero-order valence-electron chi connectivity index (χ0n) is 12.3. The lowest BCUT2D eigenvalue weighted by atomic mass is 10.2. The Morgan fingerprint density at radius 2 is 2.33 bits per heavy atom. The van der Waals surface area contributed by atoms with E-state index in [1.807, 2.05) is 12.1 Å². The van der Waals surface area contributed by atoms with Crippen LogP contribution in [0.3, 0.4) is 0 Å². The highest BCUT2D eigenvalue weighted by atomic mass is 35.5. The van der Waals surface area contributed by atoms with Gasteiger partial charge in [-0.15, -0.1) is 12.4 Å². The molecule has 0 bridgehead atoms. The Kier molecular flexibility index (Phi) is 8.04. The molecule has 4 nitrogen and oxygen atoms in total. The monoisotopic (exact) mass is 331 g/mol. The van der Waals surface area contributed by atoms with E-state index in [-0.39, 0.29) is 18.3 Å². The number of carbonyl (C=O) groups excluding carboxylic acids is 1. The summed E-state index contributed by atoms with van der Waals surface area (Å²) < 4.78 is 0. The van der Waals surface area contributed by atoms with E-state index in [1.54, 1.807) is 12.1 Å². The zero-order chi connectivity index (χ0) is 14.4. The van der Waals surface area contributed by atoms with Crippen LogP contribution in [0.15, 0.2) is 24.3 Å². The first-order chi connectivity index (χ1) is 9.69. The number of hydrogen-bond acceptors (Lipinski definition) is 3. The molecule has 1 fully saturated rings. The first-order valence-electron chi connectivity index (χ1n) is 7.19. The maximum absolute atomic E-state index is 12.1. The lowest BCUT2D eigenvalue weighted by Gasteiger charge is -2.27. The third-order valence-corrected chi connectivity index (χ3v) is 3.75. The molecule has 1 saturated heterocycles. The Labute approximate surface area is 137 Å². The van der Waals surface area contributed by atoms with E-state index in [0.717, 1.165) is 38.2 Å². The summed E-state index contributed by atoms with van der Waals surface area (Å²) in [4.78, 5) is 14.4. The van der Waals surface area contributed by atoms with Crippen LogP contribution in [0.4, 0.5) is 5.69 Å². The normalized spacial score (nSPS) is 17.6. The van der Waals surface area contributed by atoms with Crippen molar-refractivity contribution in [3.05, 3.63) is 29.3 Å². The van der Waals surface area contributed by atoms with Crippen molar-refractivity contribution in [2.45, 2.75) is 25.8 Å². The van der Waals surface area contributed by atoms with Crippen molar-refractivity contribution in [1.29, 1.82) is 0 Å². The summed E-state index contributed by atoms with van der Waals surface area (Å²) in [5.41, 5.74) is 0.753. The molecule has 1 amide bonds. The molecular formula is C15H23Cl2N3O. The van der Waals surface area contributed by atoms with E-state index in [9.17, 15) is 4.79 Å². The van der Waals surface area contributed by atoms with Gasteiger partial charge in [0.1, 0.15) is 0 Å². The van der Waals surface area contributed by atoms with E-state index in [0.29, 0.717) is 17.6 Å². The summed E-state index contributed by atoms with van der Waals surface area (Å²) in [6, 6.07) is 7.72. The molecule has 1 aromatic carbocycles. The Hall–Kier alpha value is -0.810. The topological polar surface area (TPSA) is 44.4 Å². The number of nitrogens with one attached hydrogen (secondary N) is 2. The van der Waals surface area contributed by atoms with E-state index >= 15 is 0 Å². The standard InChI is InChI=1S/C15H22ClN3O.ClH/c1-2-8-19(14-6-7-17-10-14)11-15(20)18-13-5-3-4-12(16)9-13;/h3-5,9,14,17H,2,6-8,10-11H2,1H3,(H,18,20);1H. The predicted molar refractivity (Wildman–Crippen MR) is 90.5 cm³/mol. The number of benzene rings is 1. The molecule has 2 N–H and O–H groups in total. The Morgan fingerprint density at radius 3 is 2.95 bits per heavy atom. The molecule has 0 aliphatic carbocycles. The molecule has 1 aromatic rings. The molecule has 21 heavy (non-hydrogen) atoms. The Bertz CT molecular complexity index is 450. The van der Waals surface area contributed by atoms with Gasteiger partial charge in [0, 0.05) is 23.3 Å². The number of anilines is 1. The van der Waals surface area contributed by atoms with Crippen LogP contribution < -0.4 is 10.6 Å². The third-order valence-electron chi connectivity index (χ3n) is 3.52. The minimum absolute atomic E-state index is 0. The van der Waals surface area contributed by atoms with Gasteiger partial charge >= 0.3 is 0 Å². The van der Waals surface area contributed by atoms with Crippen LogP contribution in [0.2, 0.25) is 5.02 Å². The summed E-state index contributed by atoms with van der Waals surface area (Å²) in [5.74, 6) is 0.0209. The average Bonchev–Trinajstić information content (AvgIpc) is 2.92. The third kappa shape index (κ3) is 5.83. The van der Waals surface area contributed by atoms with Crippen molar-refractivity contribution in [2.24, 2.45) is 0 Å². The summed E-state index contributed by atoms with van der Waals surface area (Å²) in [6.45, 7) is 5.55. The summed E-state index contributed by atoms with van der Waals surface area (Å²) in [5, 5.41) is 6.89. The minimum Gasteiger partial charge on any atom is -0.325 e. The summed E-state index contributed by atoms with van der Waals surface area (Å²) >= 11 is 5.92. The number of halogens is 2. The first-order valence-corrected chi connectivity index (χ1v) is 7.57. The van der Waals surface area contributed by atoms with Crippen molar-refractivity contribution in [3.63, 3.8) is 0 Å². The fourth-order valence-corrected chi connectivity index (χ4v) is 2.77. The lowest BCUT2D eigenvalue weighted by molar-refractivity contribution is -0.117. The van der Waals surface area contributed by atoms with Gasteiger partial charge in [-0.05, 0) is 44.1 Å². The molecule has 0 saturated carbocycles. The quantitative estimate of drug-likeness (QED) is 0.842. The number of hydrogen-bond donors (Lipinski definition) is 2. The van der Waals surface area contributed by atoms with Gasteiger partial charge in [0.05, 0.1) is 6.54 Å².